The van der Waals surface area contributed by atoms with Gasteiger partial charge in [0, 0.05) is 14.1 Å². The summed E-state index contributed by atoms with van der Waals surface area (Å²) in [7, 11) is 3.08. The number of nitrogens with one attached hydrogen (secondary N) is 2. The standard InChI is InChI=1S/2C11H15NO2/c1-7-5-10(14-11(13)12-4)6-8(2)9(7)3;1-7-5-8(2)9(3)10(6-7)14-11(13)12-4/h2*5-6H,1-4H3,(H,12,13). The second kappa shape index (κ2) is 10.3. The van der Waals surface area contributed by atoms with E-state index in [4.69, 9.17) is 9.47 Å². The van der Waals surface area contributed by atoms with Crippen LogP contribution in [0.15, 0.2) is 24.3 Å². The lowest BCUT2D eigenvalue weighted by molar-refractivity contribution is 0.201. The van der Waals surface area contributed by atoms with E-state index < -0.39 is 12.2 Å². The van der Waals surface area contributed by atoms with Gasteiger partial charge in [0.1, 0.15) is 11.5 Å². The van der Waals surface area contributed by atoms with E-state index in [1.807, 2.05) is 59.7 Å². The lowest BCUT2D eigenvalue weighted by Crippen LogP contribution is -2.22. The maximum atomic E-state index is 11.0. The van der Waals surface area contributed by atoms with Gasteiger partial charge in [-0.25, -0.2) is 9.59 Å². The summed E-state index contributed by atoms with van der Waals surface area (Å²) in [4.78, 5) is 22.0. The first-order valence-corrected chi connectivity index (χ1v) is 9.03. The number of amides is 2. The van der Waals surface area contributed by atoms with Crippen molar-refractivity contribution in [3.05, 3.63) is 57.6 Å². The van der Waals surface area contributed by atoms with E-state index in [0.29, 0.717) is 11.5 Å². The van der Waals surface area contributed by atoms with E-state index in [2.05, 4.69) is 16.7 Å². The molecule has 28 heavy (non-hydrogen) atoms. The zero-order valence-corrected chi connectivity index (χ0v) is 17.9. The SMILES string of the molecule is CNC(=O)Oc1cc(C)c(C)c(C)c1.CNC(=O)Oc1cc(C)cc(C)c1C. The van der Waals surface area contributed by atoms with E-state index in [1.54, 1.807) is 7.05 Å². The molecule has 0 radical (unpaired) electrons. The van der Waals surface area contributed by atoms with Gasteiger partial charge >= 0.3 is 12.2 Å². The van der Waals surface area contributed by atoms with Crippen LogP contribution in [0.5, 0.6) is 11.5 Å². The van der Waals surface area contributed by atoms with Crippen LogP contribution in [0, 0.1) is 41.5 Å². The maximum Gasteiger partial charge on any atom is 0.412 e. The fourth-order valence-corrected chi connectivity index (χ4v) is 2.47. The first-order valence-electron chi connectivity index (χ1n) is 9.03. The third-order valence-electron chi connectivity index (χ3n) is 4.49. The summed E-state index contributed by atoms with van der Waals surface area (Å²) < 4.78 is 10.1. The minimum atomic E-state index is -0.437. The highest BCUT2D eigenvalue weighted by Crippen LogP contribution is 2.23. The molecule has 0 bridgehead atoms. The Labute approximate surface area is 167 Å². The summed E-state index contributed by atoms with van der Waals surface area (Å²) in [5.41, 5.74) is 6.71. The van der Waals surface area contributed by atoms with Gasteiger partial charge in [0.05, 0.1) is 0 Å². The highest BCUT2D eigenvalue weighted by atomic mass is 16.6. The fraction of sp³-hybridized carbons (Fsp3) is 0.364. The molecule has 2 aromatic rings. The average molecular weight is 386 g/mol. The summed E-state index contributed by atoms with van der Waals surface area (Å²) >= 11 is 0. The molecule has 0 spiro atoms. The molecule has 0 aromatic heterocycles. The van der Waals surface area contributed by atoms with Crippen molar-refractivity contribution < 1.29 is 19.1 Å². The van der Waals surface area contributed by atoms with Crippen LogP contribution >= 0.6 is 0 Å². The Morgan fingerprint density at radius 2 is 1.14 bits per heavy atom. The van der Waals surface area contributed by atoms with Crippen molar-refractivity contribution in [3.8, 4) is 11.5 Å². The van der Waals surface area contributed by atoms with E-state index in [-0.39, 0.29) is 0 Å². The second-order valence-corrected chi connectivity index (χ2v) is 6.67. The lowest BCUT2D eigenvalue weighted by atomic mass is 10.0. The van der Waals surface area contributed by atoms with Crippen molar-refractivity contribution in [1.29, 1.82) is 0 Å². The van der Waals surface area contributed by atoms with Crippen LogP contribution in [0.25, 0.3) is 0 Å². The van der Waals surface area contributed by atoms with Gasteiger partial charge in [0.2, 0.25) is 0 Å². The Kier molecular flexibility index (Phi) is 8.51. The van der Waals surface area contributed by atoms with Crippen LogP contribution < -0.4 is 20.1 Å². The van der Waals surface area contributed by atoms with Gasteiger partial charge < -0.3 is 20.1 Å². The summed E-state index contributed by atoms with van der Waals surface area (Å²) in [6.45, 7) is 12.0. The molecular weight excluding hydrogens is 356 g/mol. The number of carbonyl (C=O) groups is 2. The predicted molar refractivity (Wildman–Crippen MR) is 111 cm³/mol. The molecule has 0 fully saturated rings. The summed E-state index contributed by atoms with van der Waals surface area (Å²) in [5, 5.41) is 4.82. The highest BCUT2D eigenvalue weighted by Gasteiger charge is 2.07. The molecule has 0 saturated heterocycles. The van der Waals surface area contributed by atoms with Gasteiger partial charge in [-0.2, -0.15) is 0 Å². The van der Waals surface area contributed by atoms with Crippen LogP contribution in [-0.4, -0.2) is 26.3 Å². The summed E-state index contributed by atoms with van der Waals surface area (Å²) in [6, 6.07) is 7.64. The number of ether oxygens (including phenoxy) is 2. The van der Waals surface area contributed by atoms with Crippen molar-refractivity contribution in [2.45, 2.75) is 41.5 Å². The molecule has 2 N–H and O–H groups in total. The van der Waals surface area contributed by atoms with E-state index in [1.165, 1.54) is 12.6 Å². The summed E-state index contributed by atoms with van der Waals surface area (Å²) in [6.07, 6.45) is -0.870. The maximum absolute atomic E-state index is 11.0. The molecular formula is C22H30N2O4. The third kappa shape index (κ3) is 6.61. The third-order valence-corrected chi connectivity index (χ3v) is 4.49. The average Bonchev–Trinajstić information content (AvgIpc) is 2.63. The van der Waals surface area contributed by atoms with Gasteiger partial charge in [-0.1, -0.05) is 6.07 Å². The first-order chi connectivity index (χ1) is 13.1. The van der Waals surface area contributed by atoms with Crippen LogP contribution in [0.4, 0.5) is 9.59 Å². The van der Waals surface area contributed by atoms with Gasteiger partial charge in [-0.05, 0) is 93.1 Å². The van der Waals surface area contributed by atoms with Crippen molar-refractivity contribution in [2.24, 2.45) is 0 Å². The number of hydrogen-bond donors (Lipinski definition) is 2. The number of carbonyl (C=O) groups excluding carboxylic acids is 2. The Morgan fingerprint density at radius 3 is 1.64 bits per heavy atom. The van der Waals surface area contributed by atoms with Crippen LogP contribution in [-0.2, 0) is 0 Å². The molecule has 0 saturated carbocycles. The number of hydrogen-bond acceptors (Lipinski definition) is 4. The summed E-state index contributed by atoms with van der Waals surface area (Å²) in [5.74, 6) is 1.21. The Balaban J connectivity index is 0.000000280. The number of benzene rings is 2. The van der Waals surface area contributed by atoms with E-state index in [0.717, 1.165) is 27.8 Å². The molecule has 0 aliphatic rings. The van der Waals surface area contributed by atoms with Crippen LogP contribution in [0.1, 0.15) is 33.4 Å². The minimum absolute atomic E-state index is 0.432. The van der Waals surface area contributed by atoms with Crippen molar-refractivity contribution in [2.75, 3.05) is 14.1 Å². The van der Waals surface area contributed by atoms with Crippen LogP contribution in [0.2, 0.25) is 0 Å². The van der Waals surface area contributed by atoms with E-state index >= 15 is 0 Å². The molecule has 0 atom stereocenters. The molecule has 2 amide bonds. The molecule has 152 valence electrons. The molecule has 6 heteroatoms. The Morgan fingerprint density at radius 1 is 0.679 bits per heavy atom. The molecule has 0 heterocycles. The monoisotopic (exact) mass is 386 g/mol. The largest absolute Gasteiger partial charge is 0.412 e. The van der Waals surface area contributed by atoms with Crippen LogP contribution in [0.3, 0.4) is 0 Å². The molecule has 0 unspecified atom stereocenters. The smallest absolute Gasteiger partial charge is 0.410 e. The molecule has 6 nitrogen and oxygen atoms in total. The van der Waals surface area contributed by atoms with Crippen molar-refractivity contribution in [3.63, 3.8) is 0 Å². The quantitative estimate of drug-likeness (QED) is 0.787. The Bertz CT molecular complexity index is 837. The Hall–Kier alpha value is -3.02. The fourth-order valence-electron chi connectivity index (χ4n) is 2.47. The normalized spacial score (nSPS) is 9.71. The topological polar surface area (TPSA) is 76.7 Å². The minimum Gasteiger partial charge on any atom is -0.410 e. The molecule has 2 rings (SSSR count). The van der Waals surface area contributed by atoms with E-state index in [9.17, 15) is 9.59 Å². The van der Waals surface area contributed by atoms with Gasteiger partial charge in [0.25, 0.3) is 0 Å². The predicted octanol–water partition coefficient (Wildman–Crippen LogP) is 4.66. The zero-order chi connectivity index (χ0) is 21.4. The molecule has 2 aromatic carbocycles. The number of rotatable bonds is 2. The van der Waals surface area contributed by atoms with Crippen molar-refractivity contribution in [1.82, 2.24) is 10.6 Å². The number of aryl methyl sites for hydroxylation is 4. The molecule has 0 aliphatic heterocycles. The van der Waals surface area contributed by atoms with Gasteiger partial charge in [-0.3, -0.25) is 0 Å². The zero-order valence-electron chi connectivity index (χ0n) is 17.9. The lowest BCUT2D eigenvalue weighted by Gasteiger charge is -2.10. The van der Waals surface area contributed by atoms with Crippen molar-refractivity contribution >= 4 is 12.2 Å². The highest BCUT2D eigenvalue weighted by molar-refractivity contribution is 5.71. The van der Waals surface area contributed by atoms with Gasteiger partial charge in [0.15, 0.2) is 0 Å². The second-order valence-electron chi connectivity index (χ2n) is 6.67. The van der Waals surface area contributed by atoms with Gasteiger partial charge in [-0.15, -0.1) is 0 Å². The first kappa shape index (κ1) is 23.0. The molecule has 0 aliphatic carbocycles.